The molecule has 1 unspecified atom stereocenters. The number of carbonyl (C=O) groups excluding carboxylic acids is 1. The van der Waals surface area contributed by atoms with Crippen molar-refractivity contribution in [1.82, 2.24) is 0 Å². The number of nitro groups is 1. The van der Waals surface area contributed by atoms with Crippen LogP contribution in [0.5, 0.6) is 0 Å². The molecule has 0 amide bonds. The highest BCUT2D eigenvalue weighted by Gasteiger charge is 2.20. The Bertz CT molecular complexity index is 473. The fourth-order valence-electron chi connectivity index (χ4n) is 2.40. The maximum atomic E-state index is 10.8. The fraction of sp³-hybridized carbons (Fsp3) is 0.462. The normalized spacial score (nSPS) is 19.6. The summed E-state index contributed by atoms with van der Waals surface area (Å²) in [7, 11) is 0. The van der Waals surface area contributed by atoms with Crippen molar-refractivity contribution in [2.24, 2.45) is 5.92 Å². The zero-order valence-corrected chi connectivity index (χ0v) is 10.3. The van der Waals surface area contributed by atoms with Gasteiger partial charge in [-0.2, -0.15) is 0 Å². The molecule has 5 nitrogen and oxygen atoms in total. The first-order valence-corrected chi connectivity index (χ1v) is 6.07. The Kier molecular flexibility index (Phi) is 3.60. The van der Waals surface area contributed by atoms with Crippen molar-refractivity contribution >= 4 is 17.7 Å². The minimum absolute atomic E-state index is 0.0780. The van der Waals surface area contributed by atoms with Crippen molar-refractivity contribution in [2.45, 2.75) is 19.8 Å². The van der Waals surface area contributed by atoms with E-state index in [1.54, 1.807) is 13.0 Å². The van der Waals surface area contributed by atoms with Gasteiger partial charge in [0.2, 0.25) is 0 Å². The fourth-order valence-corrected chi connectivity index (χ4v) is 2.40. The first-order chi connectivity index (χ1) is 8.61. The molecular weight excluding hydrogens is 232 g/mol. The zero-order valence-electron chi connectivity index (χ0n) is 10.3. The molecule has 0 bridgehead atoms. The SMILES string of the molecule is Cc1cc(N2CCCC(C=O)C2)ccc1[N+](=O)[O-]. The third kappa shape index (κ3) is 2.50. The van der Waals surface area contributed by atoms with Crippen LogP contribution in [-0.4, -0.2) is 24.3 Å². The molecule has 1 heterocycles. The highest BCUT2D eigenvalue weighted by atomic mass is 16.6. The predicted molar refractivity (Wildman–Crippen MR) is 68.8 cm³/mol. The summed E-state index contributed by atoms with van der Waals surface area (Å²) in [6, 6.07) is 5.12. The number of nitrogens with zero attached hydrogens (tertiary/aromatic N) is 2. The summed E-state index contributed by atoms with van der Waals surface area (Å²) in [5.74, 6) is 0.0780. The Balaban J connectivity index is 2.21. The molecule has 0 N–H and O–H groups in total. The summed E-state index contributed by atoms with van der Waals surface area (Å²) < 4.78 is 0. The first-order valence-electron chi connectivity index (χ1n) is 6.07. The van der Waals surface area contributed by atoms with Crippen LogP contribution in [0, 0.1) is 23.0 Å². The lowest BCUT2D eigenvalue weighted by Gasteiger charge is -2.32. The van der Waals surface area contributed by atoms with E-state index in [2.05, 4.69) is 4.90 Å². The molecule has 1 atom stereocenters. The standard InChI is InChI=1S/C13H16N2O3/c1-10-7-12(4-5-13(10)15(17)18)14-6-2-3-11(8-14)9-16/h4-5,7,9,11H,2-3,6,8H2,1H3. The second-order valence-corrected chi connectivity index (χ2v) is 4.71. The van der Waals surface area contributed by atoms with Gasteiger partial charge in [-0.05, 0) is 31.9 Å². The van der Waals surface area contributed by atoms with Crippen LogP contribution in [0.25, 0.3) is 0 Å². The molecule has 2 rings (SSSR count). The lowest BCUT2D eigenvalue weighted by Crippen LogP contribution is -2.35. The Morgan fingerprint density at radius 3 is 2.89 bits per heavy atom. The number of piperidine rings is 1. The number of rotatable bonds is 3. The average Bonchev–Trinajstić information content (AvgIpc) is 2.38. The lowest BCUT2D eigenvalue weighted by molar-refractivity contribution is -0.385. The summed E-state index contributed by atoms with van der Waals surface area (Å²) in [5.41, 5.74) is 1.76. The van der Waals surface area contributed by atoms with Gasteiger partial charge in [-0.1, -0.05) is 0 Å². The number of anilines is 1. The van der Waals surface area contributed by atoms with Crippen LogP contribution >= 0.6 is 0 Å². The average molecular weight is 248 g/mol. The topological polar surface area (TPSA) is 63.5 Å². The van der Waals surface area contributed by atoms with E-state index in [9.17, 15) is 14.9 Å². The van der Waals surface area contributed by atoms with E-state index in [1.807, 2.05) is 6.07 Å². The van der Waals surface area contributed by atoms with Gasteiger partial charge in [-0.25, -0.2) is 0 Å². The van der Waals surface area contributed by atoms with E-state index in [4.69, 9.17) is 0 Å². The van der Waals surface area contributed by atoms with Gasteiger partial charge in [0.1, 0.15) is 6.29 Å². The maximum Gasteiger partial charge on any atom is 0.272 e. The number of hydrogen-bond acceptors (Lipinski definition) is 4. The molecule has 5 heteroatoms. The minimum atomic E-state index is -0.371. The number of carbonyl (C=O) groups is 1. The third-order valence-corrected chi connectivity index (χ3v) is 3.39. The number of aldehydes is 1. The van der Waals surface area contributed by atoms with E-state index >= 15 is 0 Å². The van der Waals surface area contributed by atoms with Gasteiger partial charge in [0.15, 0.2) is 0 Å². The van der Waals surface area contributed by atoms with Crippen LogP contribution in [0.4, 0.5) is 11.4 Å². The summed E-state index contributed by atoms with van der Waals surface area (Å²) in [6.07, 6.45) is 2.93. The molecule has 0 aliphatic carbocycles. The summed E-state index contributed by atoms with van der Waals surface area (Å²) >= 11 is 0. The van der Waals surface area contributed by atoms with Gasteiger partial charge in [0, 0.05) is 36.3 Å². The van der Waals surface area contributed by atoms with Crippen LogP contribution in [0.3, 0.4) is 0 Å². The highest BCUT2D eigenvalue weighted by Crippen LogP contribution is 2.27. The summed E-state index contributed by atoms with van der Waals surface area (Å²) in [4.78, 5) is 23.3. The summed E-state index contributed by atoms with van der Waals surface area (Å²) in [6.45, 7) is 3.35. The Morgan fingerprint density at radius 1 is 1.50 bits per heavy atom. The van der Waals surface area contributed by atoms with Crippen molar-refractivity contribution in [3.63, 3.8) is 0 Å². The quantitative estimate of drug-likeness (QED) is 0.468. The largest absolute Gasteiger partial charge is 0.371 e. The van der Waals surface area contributed by atoms with Crippen LogP contribution in [0.2, 0.25) is 0 Å². The van der Waals surface area contributed by atoms with Crippen LogP contribution in [0.15, 0.2) is 18.2 Å². The minimum Gasteiger partial charge on any atom is -0.371 e. The summed E-state index contributed by atoms with van der Waals surface area (Å²) in [5, 5.41) is 10.8. The molecule has 18 heavy (non-hydrogen) atoms. The molecule has 0 saturated carbocycles. The Labute approximate surface area is 106 Å². The first kappa shape index (κ1) is 12.5. The second kappa shape index (κ2) is 5.16. The van der Waals surface area contributed by atoms with Crippen molar-refractivity contribution in [1.29, 1.82) is 0 Å². The van der Waals surface area contributed by atoms with Crippen molar-refractivity contribution < 1.29 is 9.72 Å². The van der Waals surface area contributed by atoms with Gasteiger partial charge in [0.05, 0.1) is 4.92 Å². The molecular formula is C13H16N2O3. The number of hydrogen-bond donors (Lipinski definition) is 0. The van der Waals surface area contributed by atoms with Gasteiger partial charge in [-0.15, -0.1) is 0 Å². The molecule has 1 aliphatic heterocycles. The molecule has 96 valence electrons. The molecule has 0 spiro atoms. The van der Waals surface area contributed by atoms with Crippen LogP contribution in [-0.2, 0) is 4.79 Å². The monoisotopic (exact) mass is 248 g/mol. The second-order valence-electron chi connectivity index (χ2n) is 4.71. The maximum absolute atomic E-state index is 10.8. The molecule has 0 radical (unpaired) electrons. The van der Waals surface area contributed by atoms with Gasteiger partial charge in [0.25, 0.3) is 5.69 Å². The molecule has 1 fully saturated rings. The Morgan fingerprint density at radius 2 is 2.28 bits per heavy atom. The van der Waals surface area contributed by atoms with Crippen LogP contribution < -0.4 is 4.90 Å². The van der Waals surface area contributed by atoms with Crippen molar-refractivity contribution in [2.75, 3.05) is 18.0 Å². The van der Waals surface area contributed by atoms with E-state index in [0.29, 0.717) is 12.1 Å². The Hall–Kier alpha value is -1.91. The zero-order chi connectivity index (χ0) is 13.1. The predicted octanol–water partition coefficient (Wildman–Crippen LogP) is 2.32. The number of benzene rings is 1. The van der Waals surface area contributed by atoms with Gasteiger partial charge < -0.3 is 9.69 Å². The molecule has 1 saturated heterocycles. The highest BCUT2D eigenvalue weighted by molar-refractivity contribution is 5.59. The molecule has 1 aromatic rings. The van der Waals surface area contributed by atoms with E-state index in [1.165, 1.54) is 6.07 Å². The van der Waals surface area contributed by atoms with Crippen molar-refractivity contribution in [3.05, 3.63) is 33.9 Å². The van der Waals surface area contributed by atoms with Gasteiger partial charge >= 0.3 is 0 Å². The van der Waals surface area contributed by atoms with Gasteiger partial charge in [-0.3, -0.25) is 10.1 Å². The smallest absolute Gasteiger partial charge is 0.272 e. The molecule has 1 aliphatic rings. The van der Waals surface area contributed by atoms with Crippen LogP contribution in [0.1, 0.15) is 18.4 Å². The third-order valence-electron chi connectivity index (χ3n) is 3.39. The number of nitro benzene ring substituents is 1. The van der Waals surface area contributed by atoms with E-state index in [-0.39, 0.29) is 16.5 Å². The lowest BCUT2D eigenvalue weighted by atomic mass is 9.99. The van der Waals surface area contributed by atoms with Crippen molar-refractivity contribution in [3.8, 4) is 0 Å². The molecule has 0 aromatic heterocycles. The van der Waals surface area contributed by atoms with E-state index < -0.39 is 0 Å². The van der Waals surface area contributed by atoms with E-state index in [0.717, 1.165) is 31.4 Å². The molecule has 1 aromatic carbocycles. The number of aryl methyl sites for hydroxylation is 1.